The minimum absolute atomic E-state index is 0.109. The third kappa shape index (κ3) is 4.08. The van der Waals surface area contributed by atoms with E-state index < -0.39 is 17.8 Å². The van der Waals surface area contributed by atoms with Crippen molar-refractivity contribution in [3.8, 4) is 22.4 Å². The van der Waals surface area contributed by atoms with E-state index in [1.165, 1.54) is 12.1 Å². The Bertz CT molecular complexity index is 1270. The Kier molecular flexibility index (Phi) is 5.59. The average molecular weight is 436 g/mol. The monoisotopic (exact) mass is 436 g/mol. The van der Waals surface area contributed by atoms with Crippen LogP contribution >= 0.6 is 11.3 Å². The Hall–Kier alpha value is -3.85. The van der Waals surface area contributed by atoms with E-state index in [9.17, 15) is 9.59 Å². The van der Waals surface area contributed by atoms with Crippen LogP contribution in [0, 0.1) is 5.82 Å². The van der Waals surface area contributed by atoms with Gasteiger partial charge in [-0.15, -0.1) is 0 Å². The first-order chi connectivity index (χ1) is 15.0. The maximum atomic E-state index is 15.5. The second-order valence-corrected chi connectivity index (χ2v) is 7.56. The molecule has 3 N–H and O–H groups in total. The number of hydrogen-bond donors (Lipinski definition) is 3. The molecule has 0 atom stereocenters. The van der Waals surface area contributed by atoms with Crippen LogP contribution in [0.3, 0.4) is 0 Å². The smallest absolute Gasteiger partial charge is 0.335 e. The van der Waals surface area contributed by atoms with E-state index >= 15 is 4.39 Å². The Morgan fingerprint density at radius 2 is 1.90 bits per heavy atom. The third-order valence-electron chi connectivity index (χ3n) is 4.55. The number of aromatic carboxylic acids is 1. The van der Waals surface area contributed by atoms with Crippen molar-refractivity contribution in [2.24, 2.45) is 0 Å². The largest absolute Gasteiger partial charge is 0.478 e. The first kappa shape index (κ1) is 20.4. The molecule has 0 bridgehead atoms. The number of carboxylic acids is 1. The summed E-state index contributed by atoms with van der Waals surface area (Å²) in [4.78, 5) is 31.7. The predicted octanol–water partition coefficient (Wildman–Crippen LogP) is 5.00. The predicted molar refractivity (Wildman–Crippen MR) is 118 cm³/mol. The second kappa shape index (κ2) is 8.49. The number of benzene rings is 2. The molecule has 31 heavy (non-hydrogen) atoms. The van der Waals surface area contributed by atoms with E-state index in [2.05, 4.69) is 20.6 Å². The van der Waals surface area contributed by atoms with E-state index in [0.717, 1.165) is 11.3 Å². The van der Waals surface area contributed by atoms with Gasteiger partial charge in [-0.05, 0) is 42.8 Å². The number of fused-ring (bicyclic) bond motifs is 1. The summed E-state index contributed by atoms with van der Waals surface area (Å²) >= 11 is 1.16. The fourth-order valence-corrected chi connectivity index (χ4v) is 4.10. The first-order valence-corrected chi connectivity index (χ1v) is 10.2. The summed E-state index contributed by atoms with van der Waals surface area (Å²) in [6, 6.07) is 12.6. The van der Waals surface area contributed by atoms with Gasteiger partial charge in [-0.2, -0.15) is 0 Å². The van der Waals surface area contributed by atoms with Gasteiger partial charge in [0.25, 0.3) is 0 Å². The van der Waals surface area contributed by atoms with Crippen molar-refractivity contribution in [3.05, 3.63) is 66.1 Å². The first-order valence-electron chi connectivity index (χ1n) is 9.41. The molecule has 0 saturated heterocycles. The second-order valence-electron chi connectivity index (χ2n) is 6.56. The standard InChI is InChI=1S/C22H17FN4O3S/c1-2-24-21(30)27-22-26-18-17(23)14(12-6-8-13(9-7-12)20(28)29)11-15(19(18)31-22)16-5-3-4-10-25-16/h3-11H,2H2,1H3,(H,28,29)(H2,24,26,27,30). The van der Waals surface area contributed by atoms with Crippen molar-refractivity contribution in [2.75, 3.05) is 11.9 Å². The number of rotatable bonds is 5. The van der Waals surface area contributed by atoms with Gasteiger partial charge >= 0.3 is 12.0 Å². The van der Waals surface area contributed by atoms with E-state index in [-0.39, 0.29) is 21.8 Å². The number of carbonyl (C=O) groups excluding carboxylic acids is 1. The van der Waals surface area contributed by atoms with Gasteiger partial charge in [0.2, 0.25) is 0 Å². The summed E-state index contributed by atoms with van der Waals surface area (Å²) in [5, 5.41) is 14.6. The van der Waals surface area contributed by atoms with Crippen molar-refractivity contribution in [3.63, 3.8) is 0 Å². The summed E-state index contributed by atoms with van der Waals surface area (Å²) in [6.45, 7) is 2.24. The normalized spacial score (nSPS) is 10.8. The number of amides is 2. The number of thiazole rings is 1. The molecule has 0 aliphatic carbocycles. The van der Waals surface area contributed by atoms with E-state index in [0.29, 0.717) is 28.1 Å². The third-order valence-corrected chi connectivity index (χ3v) is 5.55. The number of carbonyl (C=O) groups is 2. The van der Waals surface area contributed by atoms with Gasteiger partial charge in [0.05, 0.1) is 16.0 Å². The zero-order valence-electron chi connectivity index (χ0n) is 16.3. The van der Waals surface area contributed by atoms with Crippen molar-refractivity contribution in [1.82, 2.24) is 15.3 Å². The van der Waals surface area contributed by atoms with Crippen LogP contribution in [-0.2, 0) is 0 Å². The highest BCUT2D eigenvalue weighted by Gasteiger charge is 2.20. The van der Waals surface area contributed by atoms with Crippen LogP contribution in [0.2, 0.25) is 0 Å². The lowest BCUT2D eigenvalue weighted by molar-refractivity contribution is 0.0697. The number of halogens is 1. The number of aromatic nitrogens is 2. The van der Waals surface area contributed by atoms with E-state index in [1.807, 2.05) is 6.07 Å². The molecule has 9 heteroatoms. The molecule has 4 aromatic rings. The molecule has 2 heterocycles. The molecule has 156 valence electrons. The summed E-state index contributed by atoms with van der Waals surface area (Å²) in [5.41, 5.74) is 2.28. The fourth-order valence-electron chi connectivity index (χ4n) is 3.12. The molecule has 0 unspecified atom stereocenters. The van der Waals surface area contributed by atoms with Crippen LogP contribution in [0.15, 0.2) is 54.7 Å². The van der Waals surface area contributed by atoms with Gasteiger partial charge in [0.1, 0.15) is 5.52 Å². The number of pyridine rings is 1. The molecule has 2 amide bonds. The molecule has 2 aromatic carbocycles. The SMILES string of the molecule is CCNC(=O)Nc1nc2c(F)c(-c3ccc(C(=O)O)cc3)cc(-c3ccccn3)c2s1. The van der Waals surface area contributed by atoms with Crippen molar-refractivity contribution in [2.45, 2.75) is 6.92 Å². The minimum atomic E-state index is -1.06. The van der Waals surface area contributed by atoms with Gasteiger partial charge < -0.3 is 10.4 Å². The molecule has 2 aromatic heterocycles. The molecule has 0 aliphatic rings. The minimum Gasteiger partial charge on any atom is -0.478 e. The fraction of sp³-hybridized carbons (Fsp3) is 0.0909. The summed E-state index contributed by atoms with van der Waals surface area (Å²) < 4.78 is 16.0. The highest BCUT2D eigenvalue weighted by molar-refractivity contribution is 7.22. The maximum absolute atomic E-state index is 15.5. The number of urea groups is 1. The molecular formula is C22H17FN4O3S. The number of nitrogens with zero attached hydrogens (tertiary/aromatic N) is 2. The van der Waals surface area contributed by atoms with E-state index in [1.54, 1.807) is 43.5 Å². The number of nitrogens with one attached hydrogen (secondary N) is 2. The molecule has 0 saturated carbocycles. The molecular weight excluding hydrogens is 419 g/mol. The van der Waals surface area contributed by atoms with Crippen LogP contribution in [-0.4, -0.2) is 33.6 Å². The van der Waals surface area contributed by atoms with Crippen LogP contribution in [0.5, 0.6) is 0 Å². The van der Waals surface area contributed by atoms with Gasteiger partial charge in [-0.3, -0.25) is 10.3 Å². The highest BCUT2D eigenvalue weighted by Crippen LogP contribution is 2.40. The van der Waals surface area contributed by atoms with Crippen LogP contribution < -0.4 is 10.6 Å². The molecule has 0 aliphatic heterocycles. The molecule has 4 rings (SSSR count). The van der Waals surface area contributed by atoms with Gasteiger partial charge in [0.15, 0.2) is 10.9 Å². The molecule has 0 spiro atoms. The highest BCUT2D eigenvalue weighted by atomic mass is 32.1. The Morgan fingerprint density at radius 3 is 2.55 bits per heavy atom. The number of carboxylic acid groups (broad SMARTS) is 1. The van der Waals surface area contributed by atoms with Crippen LogP contribution in [0.1, 0.15) is 17.3 Å². The molecule has 7 nitrogen and oxygen atoms in total. The zero-order chi connectivity index (χ0) is 22.0. The zero-order valence-corrected chi connectivity index (χ0v) is 17.2. The van der Waals surface area contributed by atoms with Crippen molar-refractivity contribution >= 4 is 38.7 Å². The lowest BCUT2D eigenvalue weighted by Gasteiger charge is -2.09. The van der Waals surface area contributed by atoms with Crippen molar-refractivity contribution < 1.29 is 19.1 Å². The quantitative estimate of drug-likeness (QED) is 0.408. The van der Waals surface area contributed by atoms with Gasteiger partial charge in [-0.25, -0.2) is 19.0 Å². The summed E-state index contributed by atoms with van der Waals surface area (Å²) in [5.74, 6) is -1.62. The Labute approximate surface area is 180 Å². The lowest BCUT2D eigenvalue weighted by Crippen LogP contribution is -2.28. The molecule has 0 radical (unpaired) electrons. The lowest BCUT2D eigenvalue weighted by atomic mass is 9.99. The summed E-state index contributed by atoms with van der Waals surface area (Å²) in [7, 11) is 0. The van der Waals surface area contributed by atoms with Crippen molar-refractivity contribution in [1.29, 1.82) is 0 Å². The summed E-state index contributed by atoms with van der Waals surface area (Å²) in [6.07, 6.45) is 1.64. The Balaban J connectivity index is 1.90. The van der Waals surface area contributed by atoms with Crippen LogP contribution in [0.25, 0.3) is 32.6 Å². The number of hydrogen-bond acceptors (Lipinski definition) is 5. The number of anilines is 1. The van der Waals surface area contributed by atoms with E-state index in [4.69, 9.17) is 5.11 Å². The Morgan fingerprint density at radius 1 is 1.13 bits per heavy atom. The molecule has 0 fully saturated rings. The maximum Gasteiger partial charge on any atom is 0.335 e. The van der Waals surface area contributed by atoms with Crippen LogP contribution in [0.4, 0.5) is 14.3 Å². The van der Waals surface area contributed by atoms with Gasteiger partial charge in [0, 0.05) is 23.9 Å². The average Bonchev–Trinajstić information content (AvgIpc) is 3.19. The topological polar surface area (TPSA) is 104 Å². The van der Waals surface area contributed by atoms with Gasteiger partial charge in [-0.1, -0.05) is 29.5 Å².